The van der Waals surface area contributed by atoms with Crippen LogP contribution in [0, 0.1) is 0 Å². The number of nitrogens with one attached hydrogen (secondary N) is 1. The van der Waals surface area contributed by atoms with Gasteiger partial charge in [-0.25, -0.2) is 4.79 Å². The van der Waals surface area contributed by atoms with Crippen molar-refractivity contribution in [1.29, 1.82) is 0 Å². The lowest BCUT2D eigenvalue weighted by molar-refractivity contribution is 0.128. The van der Waals surface area contributed by atoms with Crippen molar-refractivity contribution in [2.24, 2.45) is 0 Å². The summed E-state index contributed by atoms with van der Waals surface area (Å²) in [6.45, 7) is 8.32. The van der Waals surface area contributed by atoms with Gasteiger partial charge in [-0.15, -0.1) is 0 Å². The molecule has 0 bridgehead atoms. The number of rotatable bonds is 6. The molecule has 0 aliphatic carbocycles. The van der Waals surface area contributed by atoms with Crippen LogP contribution in [0.5, 0.6) is 0 Å². The summed E-state index contributed by atoms with van der Waals surface area (Å²) in [4.78, 5) is 11.0. The van der Waals surface area contributed by atoms with E-state index in [1.54, 1.807) is 0 Å². The zero-order valence-corrected chi connectivity index (χ0v) is 11.4. The van der Waals surface area contributed by atoms with Gasteiger partial charge in [-0.3, -0.25) is 5.32 Å². The fourth-order valence-electron chi connectivity index (χ4n) is 1.63. The molecule has 0 saturated carbocycles. The number of carbonyl (C=O) groups excluding carboxylic acids is 1. The highest BCUT2D eigenvalue weighted by atomic mass is 28.4. The minimum Gasteiger partial charge on any atom is -0.453 e. The molecule has 90 valence electrons. The molecular formula is C10H23NO3Si. The maximum atomic E-state index is 11.0. The van der Waals surface area contributed by atoms with Gasteiger partial charge >= 0.3 is 6.09 Å². The Kier molecular flexibility index (Phi) is 6.59. The van der Waals surface area contributed by atoms with Gasteiger partial charge in [-0.1, -0.05) is 20.8 Å². The van der Waals surface area contributed by atoms with Crippen LogP contribution in [0.4, 0.5) is 4.79 Å². The van der Waals surface area contributed by atoms with Crippen LogP contribution in [-0.2, 0) is 9.16 Å². The first-order valence-corrected chi connectivity index (χ1v) is 8.08. The smallest absolute Gasteiger partial charge is 0.408 e. The van der Waals surface area contributed by atoms with Gasteiger partial charge < -0.3 is 9.16 Å². The minimum absolute atomic E-state index is 0.260. The zero-order chi connectivity index (χ0) is 11.9. The molecule has 5 heteroatoms. The Bertz CT molecular complexity index is 187. The Morgan fingerprint density at radius 3 is 2.07 bits per heavy atom. The third-order valence-electron chi connectivity index (χ3n) is 2.87. The molecule has 0 saturated heterocycles. The van der Waals surface area contributed by atoms with Crippen molar-refractivity contribution in [2.75, 3.05) is 7.11 Å². The number of ether oxygens (including phenoxy) is 1. The van der Waals surface area contributed by atoms with Crippen LogP contribution in [0.1, 0.15) is 27.7 Å². The van der Waals surface area contributed by atoms with Crippen molar-refractivity contribution in [1.82, 2.24) is 5.32 Å². The second-order valence-corrected chi connectivity index (χ2v) is 8.36. The van der Waals surface area contributed by atoms with Crippen LogP contribution in [0.3, 0.4) is 0 Å². The van der Waals surface area contributed by atoms with E-state index >= 15 is 0 Å². The maximum absolute atomic E-state index is 11.0. The lowest BCUT2D eigenvalue weighted by Gasteiger charge is -2.31. The maximum Gasteiger partial charge on any atom is 0.408 e. The molecule has 0 aromatic heterocycles. The van der Waals surface area contributed by atoms with Gasteiger partial charge in [0.2, 0.25) is 0 Å². The van der Waals surface area contributed by atoms with Crippen LogP contribution in [-0.4, -0.2) is 27.7 Å². The van der Waals surface area contributed by atoms with Gasteiger partial charge in [-0.05, 0) is 25.1 Å². The molecule has 0 heterocycles. The first-order chi connectivity index (χ1) is 7.03. The average Bonchev–Trinajstić information content (AvgIpc) is 2.26. The van der Waals surface area contributed by atoms with Gasteiger partial charge in [0, 0.05) is 0 Å². The van der Waals surface area contributed by atoms with Crippen molar-refractivity contribution in [3.63, 3.8) is 0 Å². The Hall–Kier alpha value is -0.553. The fourth-order valence-corrected chi connectivity index (χ4v) is 4.44. The summed E-state index contributed by atoms with van der Waals surface area (Å²) in [5.41, 5.74) is 0. The molecule has 4 nitrogen and oxygen atoms in total. The molecule has 0 fully saturated rings. The Morgan fingerprint density at radius 2 is 1.73 bits per heavy atom. The first kappa shape index (κ1) is 14.4. The highest BCUT2D eigenvalue weighted by Crippen LogP contribution is 2.22. The van der Waals surface area contributed by atoms with E-state index in [2.05, 4.69) is 30.8 Å². The van der Waals surface area contributed by atoms with E-state index in [4.69, 9.17) is 4.43 Å². The van der Waals surface area contributed by atoms with Crippen molar-refractivity contribution < 1.29 is 14.0 Å². The van der Waals surface area contributed by atoms with Gasteiger partial charge in [0.25, 0.3) is 0 Å². The molecular weight excluding hydrogens is 210 g/mol. The fraction of sp³-hybridized carbons (Fsp3) is 0.900. The van der Waals surface area contributed by atoms with Crippen LogP contribution in [0.2, 0.25) is 18.1 Å². The summed E-state index contributed by atoms with van der Waals surface area (Å²) >= 11 is 0. The van der Waals surface area contributed by atoms with Crippen molar-refractivity contribution in [3.8, 4) is 0 Å². The van der Waals surface area contributed by atoms with E-state index in [9.17, 15) is 4.79 Å². The standard InChI is InChI=1S/C10H23NO3Si/c1-6-15(7-2,8-3)14-9(4)11-10(12)13-5/h9H,6-8H2,1-5H3,(H,11,12). The van der Waals surface area contributed by atoms with Crippen molar-refractivity contribution >= 4 is 14.4 Å². The molecule has 0 aromatic rings. The molecule has 15 heavy (non-hydrogen) atoms. The highest BCUT2D eigenvalue weighted by Gasteiger charge is 2.31. The summed E-state index contributed by atoms with van der Waals surface area (Å²) < 4.78 is 10.5. The molecule has 1 amide bonds. The minimum atomic E-state index is -1.63. The Morgan fingerprint density at radius 1 is 1.27 bits per heavy atom. The van der Waals surface area contributed by atoms with Gasteiger partial charge in [-0.2, -0.15) is 0 Å². The quantitative estimate of drug-likeness (QED) is 0.567. The Balaban J connectivity index is 4.22. The van der Waals surface area contributed by atoms with Gasteiger partial charge in [0.05, 0.1) is 7.11 Å². The largest absolute Gasteiger partial charge is 0.453 e. The third-order valence-corrected chi connectivity index (χ3v) is 7.59. The lowest BCUT2D eigenvalue weighted by Crippen LogP contribution is -2.45. The van der Waals surface area contributed by atoms with Crippen LogP contribution in [0.25, 0.3) is 0 Å². The molecule has 0 aromatic carbocycles. The van der Waals surface area contributed by atoms with E-state index in [1.165, 1.54) is 7.11 Å². The van der Waals surface area contributed by atoms with Gasteiger partial charge in [0.15, 0.2) is 8.32 Å². The van der Waals surface area contributed by atoms with Crippen molar-refractivity contribution in [3.05, 3.63) is 0 Å². The second-order valence-electron chi connectivity index (χ2n) is 3.64. The van der Waals surface area contributed by atoms with E-state index in [1.807, 2.05) is 6.92 Å². The number of alkyl carbamates (subject to hydrolysis) is 1. The Labute approximate surface area is 93.5 Å². The molecule has 1 atom stereocenters. The number of amides is 1. The average molecular weight is 233 g/mol. The highest BCUT2D eigenvalue weighted by molar-refractivity contribution is 6.73. The third kappa shape index (κ3) is 4.66. The van der Waals surface area contributed by atoms with E-state index in [0.717, 1.165) is 18.1 Å². The summed E-state index contributed by atoms with van der Waals surface area (Å²) in [6.07, 6.45) is -0.697. The molecule has 1 N–H and O–H groups in total. The van der Waals surface area contributed by atoms with E-state index in [0.29, 0.717) is 0 Å². The zero-order valence-electron chi connectivity index (χ0n) is 10.4. The molecule has 0 aliphatic rings. The molecule has 0 aliphatic heterocycles. The van der Waals surface area contributed by atoms with E-state index < -0.39 is 14.4 Å². The van der Waals surface area contributed by atoms with Crippen molar-refractivity contribution in [2.45, 2.75) is 52.1 Å². The van der Waals surface area contributed by atoms with Crippen LogP contribution >= 0.6 is 0 Å². The number of hydrogen-bond donors (Lipinski definition) is 1. The van der Waals surface area contributed by atoms with Crippen LogP contribution in [0.15, 0.2) is 0 Å². The lowest BCUT2D eigenvalue weighted by atomic mass is 10.7. The topological polar surface area (TPSA) is 47.6 Å². The molecule has 1 unspecified atom stereocenters. The second kappa shape index (κ2) is 6.84. The molecule has 0 spiro atoms. The van der Waals surface area contributed by atoms with E-state index in [-0.39, 0.29) is 6.23 Å². The summed E-state index contributed by atoms with van der Waals surface area (Å²) in [5.74, 6) is 0. The summed E-state index contributed by atoms with van der Waals surface area (Å²) in [5, 5.41) is 2.64. The number of methoxy groups -OCH3 is 1. The summed E-state index contributed by atoms with van der Waals surface area (Å²) in [6, 6.07) is 3.23. The summed E-state index contributed by atoms with van der Waals surface area (Å²) in [7, 11) is -0.277. The number of hydrogen-bond acceptors (Lipinski definition) is 3. The predicted molar refractivity (Wildman–Crippen MR) is 63.3 cm³/mol. The monoisotopic (exact) mass is 233 g/mol. The van der Waals surface area contributed by atoms with Crippen LogP contribution < -0.4 is 5.32 Å². The normalized spacial score (nSPS) is 13.4. The molecule has 0 rings (SSSR count). The first-order valence-electron chi connectivity index (χ1n) is 5.55. The molecule has 0 radical (unpaired) electrons. The predicted octanol–water partition coefficient (Wildman–Crippen LogP) is 2.71. The van der Waals surface area contributed by atoms with Gasteiger partial charge in [0.1, 0.15) is 6.23 Å². The SMILES string of the molecule is CC[Si](CC)(CC)OC(C)NC(=O)OC. The number of carbonyl (C=O) groups is 1.